The minimum absolute atomic E-state index is 0.362. The SMILES string of the molecule is Cc1ccc(C(NN)c2c(F)cccc2Cl)cc1C. The summed E-state index contributed by atoms with van der Waals surface area (Å²) in [6, 6.07) is 10.1. The van der Waals surface area contributed by atoms with E-state index in [0.29, 0.717) is 10.6 Å². The summed E-state index contributed by atoms with van der Waals surface area (Å²) < 4.78 is 14.0. The van der Waals surface area contributed by atoms with Crippen LogP contribution in [-0.2, 0) is 0 Å². The number of benzene rings is 2. The van der Waals surface area contributed by atoms with Crippen molar-refractivity contribution in [2.45, 2.75) is 19.9 Å². The molecule has 0 radical (unpaired) electrons. The molecule has 19 heavy (non-hydrogen) atoms. The van der Waals surface area contributed by atoms with Crippen LogP contribution in [-0.4, -0.2) is 0 Å². The van der Waals surface area contributed by atoms with Crippen molar-refractivity contribution in [3.63, 3.8) is 0 Å². The lowest BCUT2D eigenvalue weighted by atomic mass is 9.95. The van der Waals surface area contributed by atoms with Gasteiger partial charge in [-0.25, -0.2) is 9.82 Å². The first kappa shape index (κ1) is 14.0. The van der Waals surface area contributed by atoms with Crippen LogP contribution in [0.3, 0.4) is 0 Å². The number of hydrogen-bond donors (Lipinski definition) is 2. The summed E-state index contributed by atoms with van der Waals surface area (Å²) in [5.74, 6) is 5.22. The normalized spacial score (nSPS) is 12.5. The van der Waals surface area contributed by atoms with Crippen molar-refractivity contribution in [3.8, 4) is 0 Å². The van der Waals surface area contributed by atoms with Crippen molar-refractivity contribution in [2.24, 2.45) is 5.84 Å². The molecule has 4 heteroatoms. The Balaban J connectivity index is 2.53. The van der Waals surface area contributed by atoms with Gasteiger partial charge in [-0.3, -0.25) is 5.84 Å². The summed E-state index contributed by atoms with van der Waals surface area (Å²) in [5, 5.41) is 0.362. The van der Waals surface area contributed by atoms with Crippen LogP contribution in [0.1, 0.15) is 28.3 Å². The lowest BCUT2D eigenvalue weighted by Gasteiger charge is -2.19. The topological polar surface area (TPSA) is 38.0 Å². The van der Waals surface area contributed by atoms with E-state index in [4.69, 9.17) is 17.4 Å². The molecular weight excluding hydrogens is 263 g/mol. The summed E-state index contributed by atoms with van der Waals surface area (Å²) >= 11 is 6.09. The van der Waals surface area contributed by atoms with Gasteiger partial charge in [-0.05, 0) is 42.7 Å². The molecule has 2 rings (SSSR count). The third kappa shape index (κ3) is 2.78. The van der Waals surface area contributed by atoms with Crippen molar-refractivity contribution in [1.29, 1.82) is 0 Å². The molecule has 0 amide bonds. The van der Waals surface area contributed by atoms with E-state index in [-0.39, 0.29) is 5.82 Å². The van der Waals surface area contributed by atoms with Crippen molar-refractivity contribution < 1.29 is 4.39 Å². The standard InChI is InChI=1S/C15H16ClFN2/c1-9-6-7-11(8-10(9)2)15(19-18)14-12(16)4-3-5-13(14)17/h3-8,15,19H,18H2,1-2H3. The van der Waals surface area contributed by atoms with E-state index < -0.39 is 6.04 Å². The van der Waals surface area contributed by atoms with Gasteiger partial charge in [0.25, 0.3) is 0 Å². The fraction of sp³-hybridized carbons (Fsp3) is 0.200. The van der Waals surface area contributed by atoms with Crippen LogP contribution in [0.15, 0.2) is 36.4 Å². The second-order valence-electron chi connectivity index (χ2n) is 4.58. The molecule has 1 atom stereocenters. The van der Waals surface area contributed by atoms with Crippen LogP contribution in [0, 0.1) is 19.7 Å². The van der Waals surface area contributed by atoms with E-state index in [9.17, 15) is 4.39 Å². The van der Waals surface area contributed by atoms with Crippen LogP contribution in [0.2, 0.25) is 5.02 Å². The summed E-state index contributed by atoms with van der Waals surface area (Å²) in [7, 11) is 0. The number of hydrazine groups is 1. The van der Waals surface area contributed by atoms with E-state index in [1.165, 1.54) is 11.6 Å². The molecular formula is C15H16ClFN2. The summed E-state index contributed by atoms with van der Waals surface area (Å²) in [6.07, 6.45) is 0. The number of nitrogens with two attached hydrogens (primary N) is 1. The molecule has 1 unspecified atom stereocenters. The van der Waals surface area contributed by atoms with Crippen molar-refractivity contribution in [3.05, 3.63) is 69.5 Å². The lowest BCUT2D eigenvalue weighted by molar-refractivity contribution is 0.560. The smallest absolute Gasteiger partial charge is 0.129 e. The highest BCUT2D eigenvalue weighted by Crippen LogP contribution is 2.30. The highest BCUT2D eigenvalue weighted by Gasteiger charge is 2.19. The molecule has 100 valence electrons. The van der Waals surface area contributed by atoms with Gasteiger partial charge >= 0.3 is 0 Å². The maximum atomic E-state index is 14.0. The molecule has 0 saturated carbocycles. The van der Waals surface area contributed by atoms with Crippen molar-refractivity contribution >= 4 is 11.6 Å². The average molecular weight is 279 g/mol. The molecule has 2 aromatic carbocycles. The van der Waals surface area contributed by atoms with Crippen molar-refractivity contribution in [1.82, 2.24) is 5.43 Å². The maximum absolute atomic E-state index is 14.0. The van der Waals surface area contributed by atoms with Crippen molar-refractivity contribution in [2.75, 3.05) is 0 Å². The monoisotopic (exact) mass is 278 g/mol. The van der Waals surface area contributed by atoms with Gasteiger partial charge in [0, 0.05) is 10.6 Å². The number of halogens is 2. The fourth-order valence-corrected chi connectivity index (χ4v) is 2.35. The molecule has 0 spiro atoms. The number of hydrogen-bond acceptors (Lipinski definition) is 2. The van der Waals surface area contributed by atoms with E-state index in [1.54, 1.807) is 12.1 Å². The number of rotatable bonds is 3. The summed E-state index contributed by atoms with van der Waals surface area (Å²) in [5.41, 5.74) is 6.21. The largest absolute Gasteiger partial charge is 0.271 e. The van der Waals surface area contributed by atoms with Gasteiger partial charge in [0.15, 0.2) is 0 Å². The Labute approximate surface area is 117 Å². The first-order valence-corrected chi connectivity index (χ1v) is 6.39. The average Bonchev–Trinajstić information content (AvgIpc) is 2.37. The molecule has 2 aromatic rings. The third-order valence-corrected chi connectivity index (χ3v) is 3.65. The zero-order valence-electron chi connectivity index (χ0n) is 10.9. The molecule has 0 heterocycles. The van der Waals surface area contributed by atoms with Gasteiger partial charge in [0.05, 0.1) is 6.04 Å². The Morgan fingerprint density at radius 1 is 1.16 bits per heavy atom. The van der Waals surface area contributed by atoms with Gasteiger partial charge in [-0.15, -0.1) is 0 Å². The minimum atomic E-state index is -0.465. The Kier molecular flexibility index (Phi) is 4.20. The van der Waals surface area contributed by atoms with Gasteiger partial charge < -0.3 is 0 Å². The second-order valence-corrected chi connectivity index (χ2v) is 4.99. The molecule has 3 N–H and O–H groups in total. The molecule has 0 aliphatic heterocycles. The molecule has 0 aromatic heterocycles. The van der Waals surface area contributed by atoms with E-state index in [2.05, 4.69) is 5.43 Å². The van der Waals surface area contributed by atoms with Crippen LogP contribution in [0.4, 0.5) is 4.39 Å². The zero-order valence-corrected chi connectivity index (χ0v) is 11.6. The lowest BCUT2D eigenvalue weighted by Crippen LogP contribution is -2.29. The number of aryl methyl sites for hydroxylation is 2. The second kappa shape index (κ2) is 5.70. The zero-order chi connectivity index (χ0) is 14.0. The molecule has 2 nitrogen and oxygen atoms in total. The Bertz CT molecular complexity index is 578. The van der Waals surface area contributed by atoms with Crippen LogP contribution >= 0.6 is 11.6 Å². The first-order chi connectivity index (χ1) is 9.04. The molecule has 0 aliphatic rings. The van der Waals surface area contributed by atoms with Crippen LogP contribution < -0.4 is 11.3 Å². The van der Waals surface area contributed by atoms with E-state index >= 15 is 0 Å². The highest BCUT2D eigenvalue weighted by atomic mass is 35.5. The van der Waals surface area contributed by atoms with E-state index in [0.717, 1.165) is 11.1 Å². The molecule has 0 bridgehead atoms. The van der Waals surface area contributed by atoms with Crippen LogP contribution in [0.5, 0.6) is 0 Å². The van der Waals surface area contributed by atoms with Gasteiger partial charge in [0.2, 0.25) is 0 Å². The summed E-state index contributed by atoms with van der Waals surface area (Å²) in [6.45, 7) is 4.04. The quantitative estimate of drug-likeness (QED) is 0.664. The fourth-order valence-electron chi connectivity index (χ4n) is 2.08. The maximum Gasteiger partial charge on any atom is 0.129 e. The predicted octanol–water partition coefficient (Wildman–Crippen LogP) is 3.65. The molecule has 0 aliphatic carbocycles. The Morgan fingerprint density at radius 3 is 2.47 bits per heavy atom. The Hall–Kier alpha value is -1.42. The van der Waals surface area contributed by atoms with Gasteiger partial charge in [-0.1, -0.05) is 35.9 Å². The summed E-state index contributed by atoms with van der Waals surface area (Å²) in [4.78, 5) is 0. The van der Waals surface area contributed by atoms with E-state index in [1.807, 2.05) is 32.0 Å². The number of nitrogens with one attached hydrogen (secondary N) is 1. The van der Waals surface area contributed by atoms with Gasteiger partial charge in [0.1, 0.15) is 5.82 Å². The third-order valence-electron chi connectivity index (χ3n) is 3.32. The molecule has 0 fully saturated rings. The minimum Gasteiger partial charge on any atom is -0.271 e. The predicted molar refractivity (Wildman–Crippen MR) is 76.5 cm³/mol. The highest BCUT2D eigenvalue weighted by molar-refractivity contribution is 6.31. The van der Waals surface area contributed by atoms with Crippen LogP contribution in [0.25, 0.3) is 0 Å². The first-order valence-electron chi connectivity index (χ1n) is 6.01. The Morgan fingerprint density at radius 2 is 1.89 bits per heavy atom. The van der Waals surface area contributed by atoms with Gasteiger partial charge in [-0.2, -0.15) is 0 Å². The molecule has 0 saturated heterocycles.